The molecule has 1 unspecified atom stereocenters. The van der Waals surface area contributed by atoms with Crippen molar-refractivity contribution in [3.8, 4) is 0 Å². The average molecular weight is 509 g/mol. The second-order valence-corrected chi connectivity index (χ2v) is 8.51. The Bertz CT molecular complexity index is 1400. The first-order chi connectivity index (χ1) is 16.9. The third-order valence-electron chi connectivity index (χ3n) is 4.64. The molecule has 0 fully saturated rings. The smallest absolute Gasteiger partial charge is 0.393 e. The van der Waals surface area contributed by atoms with Crippen LogP contribution in [0.5, 0.6) is 0 Å². The topological polar surface area (TPSA) is 181 Å². The molecule has 0 aliphatic carbocycles. The Morgan fingerprint density at radius 1 is 1.20 bits per heavy atom. The number of rotatable bonds is 12. The van der Waals surface area contributed by atoms with Crippen LogP contribution in [0.3, 0.4) is 0 Å². The molecule has 15 heteroatoms. The number of ether oxygens (including phenoxy) is 1. The van der Waals surface area contributed by atoms with E-state index >= 15 is 0 Å². The van der Waals surface area contributed by atoms with Gasteiger partial charge in [-0.15, -0.1) is 0 Å². The summed E-state index contributed by atoms with van der Waals surface area (Å²) in [5.74, 6) is -1.42. The van der Waals surface area contributed by atoms with E-state index in [1.54, 1.807) is 16.7 Å². The van der Waals surface area contributed by atoms with Crippen LogP contribution in [0.2, 0.25) is 0 Å². The number of H-pyrrole nitrogens is 1. The van der Waals surface area contributed by atoms with Gasteiger partial charge >= 0.3 is 5.82 Å². The van der Waals surface area contributed by atoms with Crippen LogP contribution in [-0.2, 0) is 40.1 Å². The fourth-order valence-electron chi connectivity index (χ4n) is 3.02. The predicted octanol–water partition coefficient (Wildman–Crippen LogP) is 1.60. The van der Waals surface area contributed by atoms with Crippen molar-refractivity contribution in [2.75, 3.05) is 18.7 Å². The van der Waals surface area contributed by atoms with Crippen molar-refractivity contribution >= 4 is 25.5 Å². The van der Waals surface area contributed by atoms with Crippen LogP contribution in [0.1, 0.15) is 17.1 Å². The van der Waals surface area contributed by atoms with Crippen LogP contribution in [-0.4, -0.2) is 37.6 Å². The lowest BCUT2D eigenvalue weighted by Gasteiger charge is -2.17. The molecule has 4 N–H and O–H groups in total. The highest BCUT2D eigenvalue weighted by molar-refractivity contribution is 7.46. The van der Waals surface area contributed by atoms with Gasteiger partial charge in [0.25, 0.3) is 5.56 Å². The Balaban J connectivity index is 1.36. The van der Waals surface area contributed by atoms with Crippen molar-refractivity contribution in [3.05, 3.63) is 74.5 Å². The largest absolute Gasteiger partial charge is 0.519 e. The van der Waals surface area contributed by atoms with E-state index in [0.717, 1.165) is 0 Å². The molecule has 0 spiro atoms. The standard InChI is InChI=1S/C20H21FN5O8P/c21-13-3-1-2-12(6-13)8-31-35(32-9-15-14(7-27)33-20(29)34-15)11-30-5-4-26-10-23-16-17(26)24-19(22)25-18(16)28/h1-3,6,10,27H,4-5,7-9,11H2,(H3,22,24,25,28). The van der Waals surface area contributed by atoms with Crippen LogP contribution >= 0.6 is 8.38 Å². The number of nitrogen functional groups attached to an aromatic ring is 1. The summed E-state index contributed by atoms with van der Waals surface area (Å²) in [4.78, 5) is 33.7. The van der Waals surface area contributed by atoms with Crippen molar-refractivity contribution in [1.29, 1.82) is 0 Å². The lowest BCUT2D eigenvalue weighted by molar-refractivity contribution is 0.135. The van der Waals surface area contributed by atoms with E-state index in [9.17, 15) is 19.1 Å². The fraction of sp³-hybridized carbons (Fsp3) is 0.300. The molecule has 13 nitrogen and oxygen atoms in total. The number of nitrogens with one attached hydrogen (secondary N) is 1. The first-order valence-electron chi connectivity index (χ1n) is 10.2. The number of benzene rings is 1. The number of aromatic amines is 1. The number of nitrogens with zero attached hydrogens (tertiary/aromatic N) is 3. The molecule has 4 aromatic rings. The summed E-state index contributed by atoms with van der Waals surface area (Å²) in [5.41, 5.74) is 6.22. The first kappa shape index (κ1) is 24.7. The molecule has 0 saturated heterocycles. The van der Waals surface area contributed by atoms with Crippen molar-refractivity contribution in [3.63, 3.8) is 0 Å². The van der Waals surface area contributed by atoms with Crippen LogP contribution < -0.4 is 17.1 Å². The van der Waals surface area contributed by atoms with Gasteiger partial charge in [-0.05, 0) is 17.7 Å². The van der Waals surface area contributed by atoms with E-state index in [1.165, 1.54) is 18.5 Å². The number of aliphatic hydroxyl groups excluding tert-OH is 1. The van der Waals surface area contributed by atoms with E-state index in [2.05, 4.69) is 15.0 Å². The molecule has 0 amide bonds. The molecule has 0 radical (unpaired) electrons. The zero-order valence-corrected chi connectivity index (χ0v) is 19.1. The first-order valence-corrected chi connectivity index (χ1v) is 11.6. The number of hydrogen-bond acceptors (Lipinski definition) is 11. The Kier molecular flexibility index (Phi) is 8.00. The third-order valence-corrected chi connectivity index (χ3v) is 5.87. The van der Waals surface area contributed by atoms with Gasteiger partial charge in [-0.2, -0.15) is 4.98 Å². The number of halogens is 1. The lowest BCUT2D eigenvalue weighted by Crippen LogP contribution is -2.13. The fourth-order valence-corrected chi connectivity index (χ4v) is 4.07. The number of fused-ring (bicyclic) bond motifs is 1. The minimum Gasteiger partial charge on any atom is -0.393 e. The van der Waals surface area contributed by atoms with Crippen LogP contribution in [0.25, 0.3) is 11.2 Å². The minimum atomic E-state index is -1.69. The third kappa shape index (κ3) is 6.38. The predicted molar refractivity (Wildman–Crippen MR) is 119 cm³/mol. The van der Waals surface area contributed by atoms with Gasteiger partial charge in [0.1, 0.15) is 25.4 Å². The summed E-state index contributed by atoms with van der Waals surface area (Å²) < 4.78 is 41.8. The highest BCUT2D eigenvalue weighted by Gasteiger charge is 2.18. The van der Waals surface area contributed by atoms with E-state index in [4.69, 9.17) is 28.4 Å². The molecule has 1 aromatic carbocycles. The van der Waals surface area contributed by atoms with E-state index in [-0.39, 0.29) is 49.2 Å². The van der Waals surface area contributed by atoms with E-state index < -0.39 is 32.2 Å². The second kappa shape index (κ2) is 11.3. The normalized spacial score (nSPS) is 12.4. The summed E-state index contributed by atoms with van der Waals surface area (Å²) in [6.07, 6.45) is 1.47. The molecular weight excluding hydrogens is 488 g/mol. The van der Waals surface area contributed by atoms with Crippen molar-refractivity contribution in [2.45, 2.75) is 26.4 Å². The summed E-state index contributed by atoms with van der Waals surface area (Å²) >= 11 is 0. The number of anilines is 1. The highest BCUT2D eigenvalue weighted by Crippen LogP contribution is 2.40. The van der Waals surface area contributed by atoms with Gasteiger partial charge in [-0.25, -0.2) is 14.2 Å². The number of hydrogen-bond donors (Lipinski definition) is 3. The van der Waals surface area contributed by atoms with Crippen molar-refractivity contribution < 1.29 is 32.1 Å². The van der Waals surface area contributed by atoms with Gasteiger partial charge in [0.05, 0.1) is 19.5 Å². The second-order valence-electron chi connectivity index (χ2n) is 7.07. The van der Waals surface area contributed by atoms with Gasteiger partial charge in [0, 0.05) is 6.54 Å². The molecule has 0 aliphatic heterocycles. The Hall–Kier alpha value is -3.42. The van der Waals surface area contributed by atoms with Gasteiger partial charge < -0.3 is 38.0 Å². The Morgan fingerprint density at radius 2 is 2.00 bits per heavy atom. The number of nitrogens with two attached hydrogens (primary N) is 1. The SMILES string of the molecule is Nc1nc2c(ncn2CCOCP(OCc2cccc(F)c2)OCc2oc(=O)oc2CO)c(=O)[nH]1. The molecule has 0 bridgehead atoms. The number of aliphatic hydroxyl groups is 1. The molecule has 3 aromatic heterocycles. The van der Waals surface area contributed by atoms with Crippen LogP contribution in [0.15, 0.2) is 49.0 Å². The summed E-state index contributed by atoms with van der Waals surface area (Å²) in [7, 11) is -1.69. The van der Waals surface area contributed by atoms with Crippen LogP contribution in [0.4, 0.5) is 10.3 Å². The summed E-state index contributed by atoms with van der Waals surface area (Å²) in [6, 6.07) is 5.90. The quantitative estimate of drug-likeness (QED) is 0.186. The Labute approximate surface area is 197 Å². The highest BCUT2D eigenvalue weighted by atomic mass is 31.2. The molecule has 186 valence electrons. The maximum absolute atomic E-state index is 13.5. The van der Waals surface area contributed by atoms with E-state index in [0.29, 0.717) is 17.8 Å². The number of aromatic nitrogens is 4. The monoisotopic (exact) mass is 509 g/mol. The van der Waals surface area contributed by atoms with E-state index in [1.807, 2.05) is 0 Å². The summed E-state index contributed by atoms with van der Waals surface area (Å²) in [6.45, 7) is -0.201. The van der Waals surface area contributed by atoms with Crippen molar-refractivity contribution in [2.24, 2.45) is 0 Å². The van der Waals surface area contributed by atoms with Gasteiger partial charge in [-0.3, -0.25) is 9.78 Å². The molecule has 4 rings (SSSR count). The van der Waals surface area contributed by atoms with Crippen molar-refractivity contribution in [1.82, 2.24) is 19.5 Å². The molecule has 0 saturated carbocycles. The molecular formula is C20H21FN5O8P. The van der Waals surface area contributed by atoms with Gasteiger partial charge in [-0.1, -0.05) is 12.1 Å². The maximum atomic E-state index is 13.5. The number of imidazole rings is 1. The molecule has 1 atom stereocenters. The molecule has 3 heterocycles. The lowest BCUT2D eigenvalue weighted by atomic mass is 10.2. The minimum absolute atomic E-state index is 0.0178. The molecule has 35 heavy (non-hydrogen) atoms. The maximum Gasteiger partial charge on any atom is 0.519 e. The zero-order chi connectivity index (χ0) is 24.8. The Morgan fingerprint density at radius 3 is 2.80 bits per heavy atom. The summed E-state index contributed by atoms with van der Waals surface area (Å²) in [5, 5.41) is 9.27. The average Bonchev–Trinajstić information content (AvgIpc) is 3.40. The van der Waals surface area contributed by atoms with Gasteiger partial charge in [0.15, 0.2) is 31.1 Å². The van der Waals surface area contributed by atoms with Crippen LogP contribution in [0, 0.1) is 5.82 Å². The zero-order valence-electron chi connectivity index (χ0n) is 18.2. The molecule has 0 aliphatic rings. The van der Waals surface area contributed by atoms with Gasteiger partial charge in [0.2, 0.25) is 5.95 Å².